The van der Waals surface area contributed by atoms with Crippen molar-refractivity contribution in [3.63, 3.8) is 0 Å². The average molecular weight is 277 g/mol. The molecular formula is C13H13BrN2. The molecule has 0 N–H and O–H groups in total. The van der Waals surface area contributed by atoms with Crippen LogP contribution in [0.15, 0.2) is 48.0 Å². The van der Waals surface area contributed by atoms with Gasteiger partial charge in [-0.2, -0.15) is 5.26 Å². The smallest absolute Gasteiger partial charge is 0.100 e. The summed E-state index contributed by atoms with van der Waals surface area (Å²) in [5.74, 6) is 0. The van der Waals surface area contributed by atoms with Crippen LogP contribution in [0.1, 0.15) is 5.56 Å². The topological polar surface area (TPSA) is 27.0 Å². The second-order valence-corrected chi connectivity index (χ2v) is 4.11. The Morgan fingerprint density at radius 2 is 1.94 bits per heavy atom. The first-order chi connectivity index (χ1) is 7.72. The van der Waals surface area contributed by atoms with Crippen molar-refractivity contribution in [1.29, 1.82) is 5.26 Å². The quantitative estimate of drug-likeness (QED) is 0.770. The number of hydrogen-bond donors (Lipinski definition) is 0. The monoisotopic (exact) mass is 276 g/mol. The molecule has 0 amide bonds. The number of anilines is 1. The lowest BCUT2D eigenvalue weighted by molar-refractivity contribution is 0.956. The summed E-state index contributed by atoms with van der Waals surface area (Å²) in [7, 11) is 0. The summed E-state index contributed by atoms with van der Waals surface area (Å²) in [6, 6.07) is 7.79. The first-order valence-corrected chi connectivity index (χ1v) is 5.68. The molecule has 0 heterocycles. The lowest BCUT2D eigenvalue weighted by Gasteiger charge is -2.21. The molecule has 16 heavy (non-hydrogen) atoms. The van der Waals surface area contributed by atoms with Gasteiger partial charge in [-0.1, -0.05) is 12.2 Å². The van der Waals surface area contributed by atoms with Crippen LogP contribution in [0.25, 0.3) is 0 Å². The number of benzene rings is 1. The van der Waals surface area contributed by atoms with Crippen molar-refractivity contribution in [1.82, 2.24) is 0 Å². The highest BCUT2D eigenvalue weighted by atomic mass is 79.9. The number of nitrogens with zero attached hydrogens (tertiary/aromatic N) is 2. The van der Waals surface area contributed by atoms with Gasteiger partial charge in [0.15, 0.2) is 0 Å². The first kappa shape index (κ1) is 12.5. The van der Waals surface area contributed by atoms with Crippen molar-refractivity contribution in [3.05, 3.63) is 53.5 Å². The molecule has 3 heteroatoms. The molecule has 2 nitrogen and oxygen atoms in total. The van der Waals surface area contributed by atoms with Crippen LogP contribution in [0.3, 0.4) is 0 Å². The van der Waals surface area contributed by atoms with Gasteiger partial charge in [0.05, 0.1) is 5.56 Å². The Morgan fingerprint density at radius 3 is 2.38 bits per heavy atom. The average Bonchev–Trinajstić information content (AvgIpc) is 2.28. The molecule has 0 aliphatic rings. The van der Waals surface area contributed by atoms with Crippen molar-refractivity contribution in [2.24, 2.45) is 0 Å². The summed E-state index contributed by atoms with van der Waals surface area (Å²) in [6.07, 6.45) is 3.69. The fraction of sp³-hybridized carbons (Fsp3) is 0.154. The molecule has 82 valence electrons. The number of nitriles is 1. The molecule has 1 rings (SSSR count). The molecule has 1 aromatic carbocycles. The standard InChI is InChI=1S/C13H13BrN2/c1-3-7-16(8-4-2)12-6-5-11(10-15)13(14)9-12/h3-6,9H,1-2,7-8H2. The lowest BCUT2D eigenvalue weighted by Crippen LogP contribution is -2.22. The molecule has 0 aliphatic carbocycles. The molecule has 0 bridgehead atoms. The van der Waals surface area contributed by atoms with Gasteiger partial charge < -0.3 is 4.90 Å². The zero-order valence-corrected chi connectivity index (χ0v) is 10.6. The minimum absolute atomic E-state index is 0.640. The third-order valence-corrected chi connectivity index (χ3v) is 2.79. The molecule has 0 saturated carbocycles. The van der Waals surface area contributed by atoms with Gasteiger partial charge in [0, 0.05) is 23.2 Å². The van der Waals surface area contributed by atoms with Crippen LogP contribution in [-0.2, 0) is 0 Å². The normalized spacial score (nSPS) is 9.25. The highest BCUT2D eigenvalue weighted by Crippen LogP contribution is 2.23. The Labute approximate surface area is 105 Å². The van der Waals surface area contributed by atoms with E-state index in [1.54, 1.807) is 6.07 Å². The summed E-state index contributed by atoms with van der Waals surface area (Å²) in [6.45, 7) is 8.96. The second kappa shape index (κ2) is 6.14. The molecule has 0 aromatic heterocycles. The van der Waals surface area contributed by atoms with E-state index in [1.807, 2.05) is 24.3 Å². The molecule has 0 unspecified atom stereocenters. The minimum atomic E-state index is 0.640. The van der Waals surface area contributed by atoms with Crippen LogP contribution in [0.5, 0.6) is 0 Å². The number of halogens is 1. The second-order valence-electron chi connectivity index (χ2n) is 3.26. The van der Waals surface area contributed by atoms with Gasteiger partial charge in [0.1, 0.15) is 6.07 Å². The zero-order chi connectivity index (χ0) is 12.0. The van der Waals surface area contributed by atoms with Gasteiger partial charge >= 0.3 is 0 Å². The van der Waals surface area contributed by atoms with E-state index in [2.05, 4.69) is 40.1 Å². The Hall–Kier alpha value is -1.53. The Bertz CT molecular complexity index is 422. The predicted octanol–water partition coefficient (Wildman–Crippen LogP) is 3.50. The van der Waals surface area contributed by atoms with E-state index in [9.17, 15) is 0 Å². The van der Waals surface area contributed by atoms with E-state index in [0.717, 1.165) is 23.2 Å². The summed E-state index contributed by atoms with van der Waals surface area (Å²) < 4.78 is 0.811. The van der Waals surface area contributed by atoms with Gasteiger partial charge in [-0.05, 0) is 34.1 Å². The molecule has 1 aromatic rings. The minimum Gasteiger partial charge on any atom is -0.364 e. The molecule has 0 fully saturated rings. The summed E-state index contributed by atoms with van der Waals surface area (Å²) in [5.41, 5.74) is 1.69. The van der Waals surface area contributed by atoms with Crippen LogP contribution in [0.2, 0.25) is 0 Å². The third-order valence-electron chi connectivity index (χ3n) is 2.14. The van der Waals surface area contributed by atoms with E-state index >= 15 is 0 Å². The van der Waals surface area contributed by atoms with E-state index in [1.165, 1.54) is 0 Å². The van der Waals surface area contributed by atoms with Crippen molar-refractivity contribution in [2.75, 3.05) is 18.0 Å². The van der Waals surface area contributed by atoms with E-state index in [4.69, 9.17) is 5.26 Å². The Balaban J connectivity index is 3.01. The highest BCUT2D eigenvalue weighted by Gasteiger charge is 2.05. The maximum atomic E-state index is 8.83. The molecule has 0 spiro atoms. The van der Waals surface area contributed by atoms with Crippen molar-refractivity contribution >= 4 is 21.6 Å². The van der Waals surface area contributed by atoms with Gasteiger partial charge in [-0.3, -0.25) is 0 Å². The first-order valence-electron chi connectivity index (χ1n) is 4.89. The van der Waals surface area contributed by atoms with Crippen LogP contribution >= 0.6 is 15.9 Å². The molecule has 0 radical (unpaired) electrons. The molecule has 0 atom stereocenters. The van der Waals surface area contributed by atoms with Crippen LogP contribution in [0, 0.1) is 11.3 Å². The maximum Gasteiger partial charge on any atom is 0.100 e. The SMILES string of the molecule is C=CCN(CC=C)c1ccc(C#N)c(Br)c1. The van der Waals surface area contributed by atoms with Crippen molar-refractivity contribution < 1.29 is 0 Å². The number of hydrogen-bond acceptors (Lipinski definition) is 2. The van der Waals surface area contributed by atoms with E-state index in [0.29, 0.717) is 5.56 Å². The van der Waals surface area contributed by atoms with Crippen LogP contribution in [-0.4, -0.2) is 13.1 Å². The highest BCUT2D eigenvalue weighted by molar-refractivity contribution is 9.10. The Morgan fingerprint density at radius 1 is 1.31 bits per heavy atom. The lowest BCUT2D eigenvalue weighted by atomic mass is 10.2. The van der Waals surface area contributed by atoms with Gasteiger partial charge in [0.25, 0.3) is 0 Å². The number of rotatable bonds is 5. The van der Waals surface area contributed by atoms with Gasteiger partial charge in [-0.25, -0.2) is 0 Å². The zero-order valence-electron chi connectivity index (χ0n) is 8.99. The van der Waals surface area contributed by atoms with E-state index < -0.39 is 0 Å². The van der Waals surface area contributed by atoms with Gasteiger partial charge in [-0.15, -0.1) is 13.2 Å². The van der Waals surface area contributed by atoms with Crippen molar-refractivity contribution in [3.8, 4) is 6.07 Å². The predicted molar refractivity (Wildman–Crippen MR) is 71.5 cm³/mol. The maximum absolute atomic E-state index is 8.83. The summed E-state index contributed by atoms with van der Waals surface area (Å²) in [5, 5.41) is 8.83. The third kappa shape index (κ3) is 2.98. The van der Waals surface area contributed by atoms with Crippen LogP contribution in [0.4, 0.5) is 5.69 Å². The molecular weight excluding hydrogens is 264 g/mol. The van der Waals surface area contributed by atoms with Crippen LogP contribution < -0.4 is 4.90 Å². The van der Waals surface area contributed by atoms with Gasteiger partial charge in [0.2, 0.25) is 0 Å². The molecule has 0 saturated heterocycles. The fourth-order valence-electron chi connectivity index (χ4n) is 1.39. The summed E-state index contributed by atoms with van der Waals surface area (Å²) in [4.78, 5) is 2.12. The van der Waals surface area contributed by atoms with E-state index in [-0.39, 0.29) is 0 Å². The van der Waals surface area contributed by atoms with Crippen molar-refractivity contribution in [2.45, 2.75) is 0 Å². The summed E-state index contributed by atoms with van der Waals surface area (Å²) >= 11 is 3.38. The fourth-order valence-corrected chi connectivity index (χ4v) is 1.84. The largest absolute Gasteiger partial charge is 0.364 e. The Kier molecular flexibility index (Phi) is 4.81. The molecule has 0 aliphatic heterocycles.